The summed E-state index contributed by atoms with van der Waals surface area (Å²) in [6, 6.07) is 22.8. The van der Waals surface area contributed by atoms with Crippen LogP contribution in [0.25, 0.3) is 11.0 Å². The van der Waals surface area contributed by atoms with Crippen LogP contribution in [0.1, 0.15) is 28.1 Å². The molecule has 0 unspecified atom stereocenters. The molecule has 1 aromatic heterocycles. The van der Waals surface area contributed by atoms with Gasteiger partial charge in [0.25, 0.3) is 0 Å². The van der Waals surface area contributed by atoms with Crippen LogP contribution in [0, 0.1) is 0 Å². The summed E-state index contributed by atoms with van der Waals surface area (Å²) in [7, 11) is 7.53. The van der Waals surface area contributed by atoms with E-state index in [1.165, 1.54) is 11.1 Å². The van der Waals surface area contributed by atoms with E-state index < -0.39 is 0 Å². The third-order valence-electron chi connectivity index (χ3n) is 5.78. The first-order valence-electron chi connectivity index (χ1n) is 11.2. The lowest BCUT2D eigenvalue weighted by Gasteiger charge is -2.18. The summed E-state index contributed by atoms with van der Waals surface area (Å²) < 4.78 is 11.6. The topological polar surface area (TPSA) is 47.5 Å². The van der Waals surface area contributed by atoms with Crippen LogP contribution in [0.2, 0.25) is 0 Å². The second-order valence-corrected chi connectivity index (χ2v) is 8.46. The minimum Gasteiger partial charge on any atom is -0.494 e. The van der Waals surface area contributed by atoms with Gasteiger partial charge in [0.05, 0.1) is 25.6 Å². The van der Waals surface area contributed by atoms with Crippen LogP contribution in [0.3, 0.4) is 0 Å². The highest BCUT2D eigenvalue weighted by Gasteiger charge is 2.20. The number of likely N-dealkylation sites (N-methyl/N-ethyl adjacent to an activating group) is 1. The normalized spacial score (nSPS) is 11.2. The summed E-state index contributed by atoms with van der Waals surface area (Å²) in [5.74, 6) is 1.51. The Morgan fingerprint density at radius 3 is 1.76 bits per heavy atom. The number of nitrogens with zero attached hydrogens (tertiary/aromatic N) is 3. The molecule has 4 rings (SSSR count). The molecule has 0 aliphatic rings. The predicted octanol–water partition coefficient (Wildman–Crippen LogP) is 4.93. The van der Waals surface area contributed by atoms with Gasteiger partial charge in [0.15, 0.2) is 0 Å². The maximum absolute atomic E-state index is 5.88. The molecule has 5 nitrogen and oxygen atoms in total. The second-order valence-electron chi connectivity index (χ2n) is 8.46. The van der Waals surface area contributed by atoms with Gasteiger partial charge in [-0.15, -0.1) is 0 Å². The molecular weight excluding hydrogens is 410 g/mol. The fraction of sp³-hybridized carbons (Fsp3) is 0.286. The van der Waals surface area contributed by atoms with E-state index in [1.54, 1.807) is 14.2 Å². The van der Waals surface area contributed by atoms with Gasteiger partial charge in [0, 0.05) is 24.9 Å². The van der Waals surface area contributed by atoms with E-state index in [9.17, 15) is 0 Å². The Kier molecular flexibility index (Phi) is 7.20. The van der Waals surface area contributed by atoms with Gasteiger partial charge in [0.1, 0.15) is 22.5 Å². The largest absolute Gasteiger partial charge is 0.494 e. The number of ether oxygens (including phenoxy) is 2. The fourth-order valence-electron chi connectivity index (χ4n) is 4.05. The van der Waals surface area contributed by atoms with Gasteiger partial charge in [-0.25, -0.2) is 9.97 Å². The van der Waals surface area contributed by atoms with Crippen LogP contribution >= 0.6 is 0 Å². The minimum absolute atomic E-state index is 0.708. The molecule has 1 heterocycles. The van der Waals surface area contributed by atoms with Gasteiger partial charge in [-0.2, -0.15) is 0 Å². The Hall–Kier alpha value is -3.44. The lowest BCUT2D eigenvalue weighted by molar-refractivity contribution is 0.389. The average Bonchev–Trinajstić information content (AvgIpc) is 2.83. The number of aromatic nitrogens is 2. The van der Waals surface area contributed by atoms with Crippen LogP contribution in [0.15, 0.2) is 66.7 Å². The maximum atomic E-state index is 5.88. The number of methoxy groups -OCH3 is 2. The lowest BCUT2D eigenvalue weighted by atomic mass is 10.0. The van der Waals surface area contributed by atoms with Crippen LogP contribution < -0.4 is 9.47 Å². The van der Waals surface area contributed by atoms with Gasteiger partial charge < -0.3 is 14.4 Å². The number of hydrogen-bond donors (Lipinski definition) is 0. The smallest absolute Gasteiger partial charge is 0.150 e. The molecule has 0 spiro atoms. The summed E-state index contributed by atoms with van der Waals surface area (Å²) in [5, 5.41) is 0. The molecule has 5 heteroatoms. The molecule has 0 saturated carbocycles. The SMILES string of the molecule is COc1cc(CCN(C)C)c(OC)c2nc(Cc3ccccc3)c(Cc3ccccc3)nc12. The van der Waals surface area contributed by atoms with Gasteiger partial charge in [-0.3, -0.25) is 0 Å². The van der Waals surface area contributed by atoms with E-state index in [1.807, 2.05) is 18.2 Å². The second kappa shape index (κ2) is 10.5. The van der Waals surface area contributed by atoms with Crippen molar-refractivity contribution in [2.24, 2.45) is 0 Å². The standard InChI is InChI=1S/C28H31N3O2/c1-31(2)16-15-22-19-25(32-3)26-27(28(22)33-4)30-24(18-21-13-9-6-10-14-21)23(29-26)17-20-11-7-5-8-12-20/h5-14,19H,15-18H2,1-4H3. The van der Waals surface area contributed by atoms with E-state index in [0.29, 0.717) is 12.8 Å². The number of fused-ring (bicyclic) bond motifs is 1. The van der Waals surface area contributed by atoms with Crippen molar-refractivity contribution < 1.29 is 9.47 Å². The van der Waals surface area contributed by atoms with Crippen LogP contribution in [0.4, 0.5) is 0 Å². The van der Waals surface area contributed by atoms with Crippen LogP contribution in [-0.4, -0.2) is 49.7 Å². The molecule has 0 aliphatic heterocycles. The Balaban J connectivity index is 1.89. The molecule has 0 N–H and O–H groups in total. The molecule has 0 aliphatic carbocycles. The molecule has 0 bridgehead atoms. The molecule has 0 radical (unpaired) electrons. The maximum Gasteiger partial charge on any atom is 0.150 e. The third kappa shape index (κ3) is 5.32. The van der Waals surface area contributed by atoms with Crippen molar-refractivity contribution in [3.05, 3.63) is 94.8 Å². The van der Waals surface area contributed by atoms with Crippen molar-refractivity contribution in [1.29, 1.82) is 0 Å². The molecule has 3 aromatic carbocycles. The zero-order chi connectivity index (χ0) is 23.2. The zero-order valence-corrected chi connectivity index (χ0v) is 19.8. The van der Waals surface area contributed by atoms with Crippen molar-refractivity contribution in [3.8, 4) is 11.5 Å². The highest BCUT2D eigenvalue weighted by atomic mass is 16.5. The third-order valence-corrected chi connectivity index (χ3v) is 5.78. The number of hydrogen-bond acceptors (Lipinski definition) is 5. The lowest BCUT2D eigenvalue weighted by Crippen LogP contribution is -2.16. The highest BCUT2D eigenvalue weighted by molar-refractivity contribution is 5.88. The summed E-state index contributed by atoms with van der Waals surface area (Å²) in [5.41, 5.74) is 6.90. The molecular formula is C28H31N3O2. The van der Waals surface area contributed by atoms with Crippen molar-refractivity contribution in [1.82, 2.24) is 14.9 Å². The molecule has 0 atom stereocenters. The van der Waals surface area contributed by atoms with E-state index in [2.05, 4.69) is 67.5 Å². The van der Waals surface area contributed by atoms with Gasteiger partial charge >= 0.3 is 0 Å². The van der Waals surface area contributed by atoms with Crippen molar-refractivity contribution in [2.45, 2.75) is 19.3 Å². The summed E-state index contributed by atoms with van der Waals surface area (Å²) >= 11 is 0. The Bertz CT molecular complexity index is 1210. The highest BCUT2D eigenvalue weighted by Crippen LogP contribution is 2.36. The molecule has 0 amide bonds. The average molecular weight is 442 g/mol. The van der Waals surface area contributed by atoms with E-state index >= 15 is 0 Å². The van der Waals surface area contributed by atoms with Crippen molar-refractivity contribution in [3.63, 3.8) is 0 Å². The van der Waals surface area contributed by atoms with Gasteiger partial charge in [-0.05, 0) is 37.7 Å². The van der Waals surface area contributed by atoms with Crippen molar-refractivity contribution >= 4 is 11.0 Å². The monoisotopic (exact) mass is 441 g/mol. The fourth-order valence-corrected chi connectivity index (χ4v) is 4.05. The quantitative estimate of drug-likeness (QED) is 0.368. The number of benzene rings is 3. The van der Waals surface area contributed by atoms with Crippen LogP contribution in [-0.2, 0) is 19.3 Å². The first-order chi connectivity index (χ1) is 16.1. The molecule has 33 heavy (non-hydrogen) atoms. The zero-order valence-electron chi connectivity index (χ0n) is 19.8. The molecule has 0 fully saturated rings. The van der Waals surface area contributed by atoms with Gasteiger partial charge in [0.2, 0.25) is 0 Å². The summed E-state index contributed by atoms with van der Waals surface area (Å²) in [6.07, 6.45) is 2.25. The summed E-state index contributed by atoms with van der Waals surface area (Å²) in [4.78, 5) is 12.4. The minimum atomic E-state index is 0.708. The van der Waals surface area contributed by atoms with E-state index in [0.717, 1.165) is 52.4 Å². The molecule has 4 aromatic rings. The summed E-state index contributed by atoms with van der Waals surface area (Å²) in [6.45, 7) is 0.904. The van der Waals surface area contributed by atoms with Crippen molar-refractivity contribution in [2.75, 3.05) is 34.9 Å². The molecule has 170 valence electrons. The Morgan fingerprint density at radius 2 is 1.27 bits per heavy atom. The predicted molar refractivity (Wildman–Crippen MR) is 133 cm³/mol. The van der Waals surface area contributed by atoms with E-state index in [-0.39, 0.29) is 0 Å². The Morgan fingerprint density at radius 1 is 0.727 bits per heavy atom. The van der Waals surface area contributed by atoms with E-state index in [4.69, 9.17) is 19.4 Å². The molecule has 0 saturated heterocycles. The first-order valence-corrected chi connectivity index (χ1v) is 11.2. The van der Waals surface area contributed by atoms with Crippen LogP contribution in [0.5, 0.6) is 11.5 Å². The Labute approximate surface area is 196 Å². The number of rotatable bonds is 9. The van der Waals surface area contributed by atoms with Gasteiger partial charge in [-0.1, -0.05) is 60.7 Å². The first kappa shape index (κ1) is 22.7.